The summed E-state index contributed by atoms with van der Waals surface area (Å²) in [5, 5.41) is 5.67. The third-order valence-corrected chi connectivity index (χ3v) is 5.03. The molecule has 6 nitrogen and oxygen atoms in total. The Bertz CT molecular complexity index is 1280. The van der Waals surface area contributed by atoms with Gasteiger partial charge in [0.25, 0.3) is 11.8 Å². The summed E-state index contributed by atoms with van der Waals surface area (Å²) in [5.74, 6) is 0.202. The first-order chi connectivity index (χ1) is 16.5. The fourth-order valence-electron chi connectivity index (χ4n) is 3.20. The highest BCUT2D eigenvalue weighted by molar-refractivity contribution is 6.04. The van der Waals surface area contributed by atoms with Crippen LogP contribution in [-0.2, 0) is 13.2 Å². The minimum Gasteiger partial charge on any atom is -0.486 e. The number of aryl methyl sites for hydroxylation is 1. The number of rotatable bonds is 8. The maximum absolute atomic E-state index is 13.0. The zero-order valence-electron chi connectivity index (χ0n) is 18.5. The number of benzene rings is 3. The Kier molecular flexibility index (Phi) is 7.03. The Morgan fingerprint density at radius 3 is 2.44 bits per heavy atom. The summed E-state index contributed by atoms with van der Waals surface area (Å²) < 4.78 is 24.0. The lowest BCUT2D eigenvalue weighted by atomic mass is 10.1. The lowest BCUT2D eigenvalue weighted by Gasteiger charge is -2.09. The average molecular weight is 458 g/mol. The molecule has 4 rings (SSSR count). The van der Waals surface area contributed by atoms with Gasteiger partial charge >= 0.3 is 0 Å². The number of furan rings is 1. The van der Waals surface area contributed by atoms with Crippen molar-refractivity contribution in [2.75, 3.05) is 5.32 Å². The van der Waals surface area contributed by atoms with Gasteiger partial charge in [0.15, 0.2) is 5.76 Å². The molecule has 1 heterocycles. The van der Waals surface area contributed by atoms with E-state index < -0.39 is 0 Å². The highest BCUT2D eigenvalue weighted by Crippen LogP contribution is 2.16. The molecule has 0 fully saturated rings. The van der Waals surface area contributed by atoms with Crippen LogP contribution in [0.2, 0.25) is 0 Å². The summed E-state index contributed by atoms with van der Waals surface area (Å²) in [6.45, 7) is 2.33. The first kappa shape index (κ1) is 22.8. The summed E-state index contributed by atoms with van der Waals surface area (Å²) in [4.78, 5) is 24.9. The van der Waals surface area contributed by atoms with Crippen molar-refractivity contribution >= 4 is 17.5 Å². The predicted molar refractivity (Wildman–Crippen MR) is 126 cm³/mol. The Balaban J connectivity index is 1.29. The van der Waals surface area contributed by atoms with Gasteiger partial charge in [-0.2, -0.15) is 0 Å². The molecule has 0 unspecified atom stereocenters. The normalized spacial score (nSPS) is 10.5. The molecule has 2 N–H and O–H groups in total. The van der Waals surface area contributed by atoms with Crippen molar-refractivity contribution in [3.63, 3.8) is 0 Å². The van der Waals surface area contributed by atoms with Crippen LogP contribution in [-0.4, -0.2) is 11.8 Å². The molecule has 1 aromatic heterocycles. The summed E-state index contributed by atoms with van der Waals surface area (Å²) >= 11 is 0. The lowest BCUT2D eigenvalue weighted by molar-refractivity contribution is 0.0918. The lowest BCUT2D eigenvalue weighted by Crippen LogP contribution is -2.22. The van der Waals surface area contributed by atoms with Crippen molar-refractivity contribution in [1.29, 1.82) is 0 Å². The third-order valence-electron chi connectivity index (χ3n) is 5.03. The zero-order valence-corrected chi connectivity index (χ0v) is 18.5. The molecule has 4 aromatic rings. The minimum absolute atomic E-state index is 0.113. The van der Waals surface area contributed by atoms with Gasteiger partial charge in [-0.1, -0.05) is 29.8 Å². The molecule has 0 radical (unpaired) electrons. The van der Waals surface area contributed by atoms with Crippen molar-refractivity contribution in [1.82, 2.24) is 5.32 Å². The van der Waals surface area contributed by atoms with E-state index in [-0.39, 0.29) is 36.5 Å². The van der Waals surface area contributed by atoms with Gasteiger partial charge in [-0.05, 0) is 73.2 Å². The Morgan fingerprint density at radius 1 is 0.912 bits per heavy atom. The van der Waals surface area contributed by atoms with Crippen LogP contribution in [0.3, 0.4) is 0 Å². The van der Waals surface area contributed by atoms with Crippen LogP contribution in [0.1, 0.15) is 37.8 Å². The molecule has 0 spiro atoms. The molecule has 0 bridgehead atoms. The van der Waals surface area contributed by atoms with E-state index in [4.69, 9.17) is 9.15 Å². The highest BCUT2D eigenvalue weighted by Gasteiger charge is 2.12. The first-order valence-corrected chi connectivity index (χ1v) is 10.7. The van der Waals surface area contributed by atoms with Gasteiger partial charge < -0.3 is 19.8 Å². The molecular weight excluding hydrogens is 435 g/mol. The number of hydrogen-bond acceptors (Lipinski definition) is 4. The largest absolute Gasteiger partial charge is 0.486 e. The summed E-state index contributed by atoms with van der Waals surface area (Å²) in [6.07, 6.45) is 0. The summed E-state index contributed by atoms with van der Waals surface area (Å²) in [7, 11) is 0. The number of ether oxygens (including phenoxy) is 1. The molecule has 7 heteroatoms. The number of halogens is 1. The fourth-order valence-corrected chi connectivity index (χ4v) is 3.20. The summed E-state index contributed by atoms with van der Waals surface area (Å²) in [5.41, 5.74) is 3.11. The van der Waals surface area contributed by atoms with Crippen LogP contribution in [0.15, 0.2) is 89.3 Å². The van der Waals surface area contributed by atoms with Crippen LogP contribution in [0.25, 0.3) is 0 Å². The average Bonchev–Trinajstić information content (AvgIpc) is 3.32. The molecule has 2 amide bonds. The van der Waals surface area contributed by atoms with E-state index >= 15 is 0 Å². The van der Waals surface area contributed by atoms with Gasteiger partial charge in [-0.15, -0.1) is 0 Å². The van der Waals surface area contributed by atoms with E-state index in [9.17, 15) is 14.0 Å². The van der Waals surface area contributed by atoms with Crippen LogP contribution in [0.5, 0.6) is 5.75 Å². The van der Waals surface area contributed by atoms with E-state index in [0.29, 0.717) is 22.8 Å². The van der Waals surface area contributed by atoms with Gasteiger partial charge in [0, 0.05) is 17.8 Å². The van der Waals surface area contributed by atoms with Crippen molar-refractivity contribution in [2.24, 2.45) is 0 Å². The molecule has 34 heavy (non-hydrogen) atoms. The van der Waals surface area contributed by atoms with Crippen molar-refractivity contribution < 1.29 is 23.1 Å². The SMILES string of the molecule is Cc1ccc(C(=O)Nc2cccc(CNC(=O)c3ccc(COc4ccc(F)cc4)o3)c2)cc1. The van der Waals surface area contributed by atoms with Crippen molar-refractivity contribution in [2.45, 2.75) is 20.1 Å². The standard InChI is InChI=1S/C27H23FN2O4/c1-18-5-7-20(8-6-18)26(31)30-22-4-2-3-19(15-22)16-29-27(32)25-14-13-24(34-25)17-33-23-11-9-21(28)10-12-23/h2-15H,16-17H2,1H3,(H,29,32)(H,30,31). The molecule has 0 saturated carbocycles. The quantitative estimate of drug-likeness (QED) is 0.366. The highest BCUT2D eigenvalue weighted by atomic mass is 19.1. The summed E-state index contributed by atoms with van der Waals surface area (Å²) in [6, 6.07) is 23.4. The number of anilines is 1. The number of amides is 2. The first-order valence-electron chi connectivity index (χ1n) is 10.7. The number of nitrogens with one attached hydrogen (secondary N) is 2. The molecule has 0 saturated heterocycles. The second kappa shape index (κ2) is 10.5. The molecule has 172 valence electrons. The molecule has 0 aliphatic carbocycles. The molecule has 0 aliphatic heterocycles. The van der Waals surface area contributed by atoms with E-state index in [0.717, 1.165) is 11.1 Å². The Labute approximate surface area is 196 Å². The Hall–Kier alpha value is -4.39. The van der Waals surface area contributed by atoms with Crippen molar-refractivity contribution in [3.8, 4) is 5.75 Å². The van der Waals surface area contributed by atoms with E-state index in [1.807, 2.05) is 31.2 Å². The van der Waals surface area contributed by atoms with Gasteiger partial charge in [0.05, 0.1) is 0 Å². The number of hydrogen-bond donors (Lipinski definition) is 2. The minimum atomic E-state index is -0.373. The van der Waals surface area contributed by atoms with Gasteiger partial charge in [-0.3, -0.25) is 9.59 Å². The van der Waals surface area contributed by atoms with Crippen molar-refractivity contribution in [3.05, 3.63) is 119 Å². The smallest absolute Gasteiger partial charge is 0.287 e. The molecule has 0 atom stereocenters. The predicted octanol–water partition coefficient (Wildman–Crippen LogP) is 5.49. The molecule has 0 aliphatic rings. The van der Waals surface area contributed by atoms with E-state index in [1.165, 1.54) is 24.3 Å². The third kappa shape index (κ3) is 6.10. The van der Waals surface area contributed by atoms with Gasteiger partial charge in [-0.25, -0.2) is 4.39 Å². The fraction of sp³-hybridized carbons (Fsp3) is 0.111. The molecule has 3 aromatic carbocycles. The topological polar surface area (TPSA) is 80.6 Å². The monoisotopic (exact) mass is 458 g/mol. The van der Waals surface area contributed by atoms with Gasteiger partial charge in [0.2, 0.25) is 0 Å². The maximum Gasteiger partial charge on any atom is 0.287 e. The van der Waals surface area contributed by atoms with Gasteiger partial charge in [0.1, 0.15) is 23.9 Å². The van der Waals surface area contributed by atoms with Crippen LogP contribution in [0, 0.1) is 12.7 Å². The molecular formula is C27H23FN2O4. The zero-order chi connectivity index (χ0) is 23.9. The van der Waals surface area contributed by atoms with E-state index in [1.54, 1.807) is 36.4 Å². The van der Waals surface area contributed by atoms with Crippen LogP contribution in [0.4, 0.5) is 10.1 Å². The van der Waals surface area contributed by atoms with Crippen LogP contribution >= 0.6 is 0 Å². The number of carbonyl (C=O) groups excluding carboxylic acids is 2. The second-order valence-corrected chi connectivity index (χ2v) is 7.71. The Morgan fingerprint density at radius 2 is 1.68 bits per heavy atom. The second-order valence-electron chi connectivity index (χ2n) is 7.71. The van der Waals surface area contributed by atoms with Crippen LogP contribution < -0.4 is 15.4 Å². The van der Waals surface area contributed by atoms with E-state index in [2.05, 4.69) is 10.6 Å². The number of carbonyl (C=O) groups is 2. The maximum atomic E-state index is 13.0.